The van der Waals surface area contributed by atoms with E-state index in [-0.39, 0.29) is 0 Å². The first-order chi connectivity index (χ1) is 7.25. The summed E-state index contributed by atoms with van der Waals surface area (Å²) in [6.07, 6.45) is 0. The van der Waals surface area contributed by atoms with Gasteiger partial charge in [0.25, 0.3) is 0 Å². The lowest BCUT2D eigenvalue weighted by Crippen LogP contribution is -1.85. The summed E-state index contributed by atoms with van der Waals surface area (Å²) in [4.78, 5) is 0. The molecule has 0 amide bonds. The Labute approximate surface area is 111 Å². The maximum absolute atomic E-state index is 5.74. The third-order valence-electron chi connectivity index (χ3n) is 1.86. The SMILES string of the molecule is Brc1ccc(I)cc1Oc1ccccc1. The number of ether oxygens (including phenoxy) is 1. The van der Waals surface area contributed by atoms with E-state index >= 15 is 0 Å². The van der Waals surface area contributed by atoms with Crippen molar-refractivity contribution in [2.75, 3.05) is 0 Å². The molecule has 0 aliphatic heterocycles. The Bertz CT molecular complexity index is 456. The first-order valence-electron chi connectivity index (χ1n) is 4.43. The zero-order valence-electron chi connectivity index (χ0n) is 7.78. The van der Waals surface area contributed by atoms with Crippen LogP contribution in [0.3, 0.4) is 0 Å². The van der Waals surface area contributed by atoms with Crippen LogP contribution in [0.5, 0.6) is 11.5 Å². The minimum Gasteiger partial charge on any atom is -0.456 e. The van der Waals surface area contributed by atoms with Crippen LogP contribution in [-0.4, -0.2) is 0 Å². The van der Waals surface area contributed by atoms with Crippen molar-refractivity contribution in [2.24, 2.45) is 0 Å². The summed E-state index contributed by atoms with van der Waals surface area (Å²) >= 11 is 5.72. The van der Waals surface area contributed by atoms with Crippen LogP contribution in [-0.2, 0) is 0 Å². The van der Waals surface area contributed by atoms with Crippen molar-refractivity contribution in [1.82, 2.24) is 0 Å². The minimum absolute atomic E-state index is 0.841. The van der Waals surface area contributed by atoms with Crippen molar-refractivity contribution in [1.29, 1.82) is 0 Å². The second kappa shape index (κ2) is 4.99. The van der Waals surface area contributed by atoms with E-state index in [0.29, 0.717) is 0 Å². The fraction of sp³-hybridized carbons (Fsp3) is 0. The highest BCUT2D eigenvalue weighted by Crippen LogP contribution is 2.30. The van der Waals surface area contributed by atoms with Gasteiger partial charge in [-0.25, -0.2) is 0 Å². The van der Waals surface area contributed by atoms with E-state index in [9.17, 15) is 0 Å². The maximum Gasteiger partial charge on any atom is 0.142 e. The molecule has 2 aromatic rings. The lowest BCUT2D eigenvalue weighted by Gasteiger charge is -2.07. The van der Waals surface area contributed by atoms with Gasteiger partial charge in [-0.1, -0.05) is 18.2 Å². The molecule has 76 valence electrons. The van der Waals surface area contributed by atoms with Crippen LogP contribution in [0.4, 0.5) is 0 Å². The molecule has 0 aliphatic carbocycles. The zero-order chi connectivity index (χ0) is 10.7. The molecule has 0 fully saturated rings. The summed E-state index contributed by atoms with van der Waals surface area (Å²) in [5.41, 5.74) is 0. The Hall–Kier alpha value is -0.550. The number of para-hydroxylation sites is 1. The molecule has 3 heteroatoms. The van der Waals surface area contributed by atoms with E-state index in [0.717, 1.165) is 19.5 Å². The van der Waals surface area contributed by atoms with E-state index in [1.807, 2.05) is 48.5 Å². The summed E-state index contributed by atoms with van der Waals surface area (Å²) in [6, 6.07) is 15.8. The molecule has 2 aromatic carbocycles. The third-order valence-corrected chi connectivity index (χ3v) is 3.19. The van der Waals surface area contributed by atoms with Gasteiger partial charge < -0.3 is 4.74 Å². The molecule has 1 nitrogen and oxygen atoms in total. The Morgan fingerprint density at radius 2 is 1.73 bits per heavy atom. The quantitative estimate of drug-likeness (QED) is 0.683. The Morgan fingerprint density at radius 1 is 1.00 bits per heavy atom. The summed E-state index contributed by atoms with van der Waals surface area (Å²) in [7, 11) is 0. The van der Waals surface area contributed by atoms with Gasteiger partial charge in [-0.3, -0.25) is 0 Å². The minimum atomic E-state index is 0.841. The largest absolute Gasteiger partial charge is 0.456 e. The monoisotopic (exact) mass is 374 g/mol. The highest BCUT2D eigenvalue weighted by Gasteiger charge is 2.02. The second-order valence-electron chi connectivity index (χ2n) is 2.99. The molecule has 0 heterocycles. The van der Waals surface area contributed by atoms with Gasteiger partial charge in [0, 0.05) is 3.57 Å². The molecule has 0 N–H and O–H groups in total. The van der Waals surface area contributed by atoms with Gasteiger partial charge in [-0.15, -0.1) is 0 Å². The third kappa shape index (κ3) is 2.95. The van der Waals surface area contributed by atoms with Crippen LogP contribution in [0.2, 0.25) is 0 Å². The van der Waals surface area contributed by atoms with Crippen LogP contribution in [0, 0.1) is 3.57 Å². The van der Waals surface area contributed by atoms with Crippen LogP contribution in [0.1, 0.15) is 0 Å². The molecule has 2 rings (SSSR count). The topological polar surface area (TPSA) is 9.23 Å². The number of rotatable bonds is 2. The number of hydrogen-bond donors (Lipinski definition) is 0. The molecule has 0 spiro atoms. The first kappa shape index (κ1) is 11.0. The molecule has 0 aliphatic rings. The Balaban J connectivity index is 2.28. The molecule has 0 unspecified atom stereocenters. The fourth-order valence-corrected chi connectivity index (χ4v) is 1.96. The van der Waals surface area contributed by atoms with E-state index < -0.39 is 0 Å². The van der Waals surface area contributed by atoms with E-state index in [2.05, 4.69) is 38.5 Å². The van der Waals surface area contributed by atoms with Crippen molar-refractivity contribution in [2.45, 2.75) is 0 Å². The predicted molar refractivity (Wildman–Crippen MR) is 73.4 cm³/mol. The second-order valence-corrected chi connectivity index (χ2v) is 5.09. The molecular formula is C12H8BrIO. The Morgan fingerprint density at radius 3 is 2.47 bits per heavy atom. The number of hydrogen-bond acceptors (Lipinski definition) is 1. The van der Waals surface area contributed by atoms with Gasteiger partial charge in [0.1, 0.15) is 11.5 Å². The standard InChI is InChI=1S/C12H8BrIO/c13-11-7-6-9(14)8-12(11)15-10-4-2-1-3-5-10/h1-8H. The van der Waals surface area contributed by atoms with E-state index in [1.54, 1.807) is 0 Å². The first-order valence-corrected chi connectivity index (χ1v) is 6.31. The van der Waals surface area contributed by atoms with Crippen molar-refractivity contribution in [3.8, 4) is 11.5 Å². The molecule has 0 saturated carbocycles. The van der Waals surface area contributed by atoms with Crippen LogP contribution in [0.25, 0.3) is 0 Å². The van der Waals surface area contributed by atoms with Gasteiger partial charge in [-0.05, 0) is 68.9 Å². The molecule has 0 aromatic heterocycles. The van der Waals surface area contributed by atoms with Gasteiger partial charge in [0.15, 0.2) is 0 Å². The molecule has 0 radical (unpaired) electrons. The average Bonchev–Trinajstić information content (AvgIpc) is 2.25. The van der Waals surface area contributed by atoms with Crippen molar-refractivity contribution in [3.63, 3.8) is 0 Å². The Kier molecular flexibility index (Phi) is 3.64. The fourth-order valence-electron chi connectivity index (χ4n) is 1.17. The van der Waals surface area contributed by atoms with Crippen LogP contribution in [0.15, 0.2) is 53.0 Å². The molecule has 0 saturated heterocycles. The number of benzene rings is 2. The molecular weight excluding hydrogens is 367 g/mol. The van der Waals surface area contributed by atoms with E-state index in [4.69, 9.17) is 4.74 Å². The van der Waals surface area contributed by atoms with Crippen molar-refractivity contribution in [3.05, 3.63) is 56.6 Å². The lowest BCUT2D eigenvalue weighted by molar-refractivity contribution is 0.479. The van der Waals surface area contributed by atoms with Crippen molar-refractivity contribution < 1.29 is 4.74 Å². The average molecular weight is 375 g/mol. The smallest absolute Gasteiger partial charge is 0.142 e. The van der Waals surface area contributed by atoms with Gasteiger partial charge in [0.05, 0.1) is 4.47 Å². The van der Waals surface area contributed by atoms with Gasteiger partial charge in [-0.2, -0.15) is 0 Å². The summed E-state index contributed by atoms with van der Waals surface area (Å²) in [5, 5.41) is 0. The summed E-state index contributed by atoms with van der Waals surface area (Å²) in [6.45, 7) is 0. The highest BCUT2D eigenvalue weighted by molar-refractivity contribution is 14.1. The highest BCUT2D eigenvalue weighted by atomic mass is 127. The van der Waals surface area contributed by atoms with Crippen LogP contribution < -0.4 is 4.74 Å². The number of halogens is 2. The van der Waals surface area contributed by atoms with Gasteiger partial charge >= 0.3 is 0 Å². The maximum atomic E-state index is 5.74. The molecule has 0 atom stereocenters. The summed E-state index contributed by atoms with van der Waals surface area (Å²) in [5.74, 6) is 1.69. The zero-order valence-corrected chi connectivity index (χ0v) is 11.5. The van der Waals surface area contributed by atoms with Crippen LogP contribution >= 0.6 is 38.5 Å². The molecule has 0 bridgehead atoms. The van der Waals surface area contributed by atoms with Gasteiger partial charge in [0.2, 0.25) is 0 Å². The summed E-state index contributed by atoms with van der Waals surface area (Å²) < 4.78 is 7.86. The predicted octanol–water partition coefficient (Wildman–Crippen LogP) is 4.85. The molecule has 15 heavy (non-hydrogen) atoms. The normalized spacial score (nSPS) is 10.0. The lowest BCUT2D eigenvalue weighted by atomic mass is 10.3. The van der Waals surface area contributed by atoms with Crippen molar-refractivity contribution >= 4 is 38.5 Å². The van der Waals surface area contributed by atoms with E-state index in [1.165, 1.54) is 0 Å².